The van der Waals surface area contributed by atoms with Crippen molar-refractivity contribution in [2.75, 3.05) is 17.6 Å². The summed E-state index contributed by atoms with van der Waals surface area (Å²) in [6.07, 6.45) is 2.37. The minimum absolute atomic E-state index is 0.000473. The highest BCUT2D eigenvalue weighted by Crippen LogP contribution is 2.33. The van der Waals surface area contributed by atoms with Crippen molar-refractivity contribution < 1.29 is 17.7 Å². The SMILES string of the molecule is Nc1noc2ccc(-c3cnc(NC[C@@H](N)CC4C=CC(C(F)(F)F)=CC4)s3)cc12. The van der Waals surface area contributed by atoms with Gasteiger partial charge in [0.05, 0.1) is 15.8 Å². The Bertz CT molecular complexity index is 1100. The molecule has 0 spiro atoms. The van der Waals surface area contributed by atoms with Crippen molar-refractivity contribution in [1.29, 1.82) is 0 Å². The first-order valence-electron chi connectivity index (χ1n) is 9.35. The first-order valence-corrected chi connectivity index (χ1v) is 10.2. The Morgan fingerprint density at radius 2 is 2.17 bits per heavy atom. The van der Waals surface area contributed by atoms with Crippen LogP contribution in [0.5, 0.6) is 0 Å². The van der Waals surface area contributed by atoms with Crippen molar-refractivity contribution in [2.24, 2.45) is 11.7 Å². The molecule has 0 saturated heterocycles. The van der Waals surface area contributed by atoms with Crippen LogP contribution in [0.25, 0.3) is 21.4 Å². The molecule has 0 fully saturated rings. The Morgan fingerprint density at radius 1 is 1.33 bits per heavy atom. The summed E-state index contributed by atoms with van der Waals surface area (Å²) in [7, 11) is 0. The molecule has 1 aromatic carbocycles. The quantitative estimate of drug-likeness (QED) is 0.517. The van der Waals surface area contributed by atoms with Crippen LogP contribution in [0.15, 0.2) is 52.7 Å². The van der Waals surface area contributed by atoms with E-state index in [4.69, 9.17) is 16.0 Å². The predicted molar refractivity (Wildman–Crippen MR) is 112 cm³/mol. The van der Waals surface area contributed by atoms with Gasteiger partial charge in [-0.15, -0.1) is 0 Å². The van der Waals surface area contributed by atoms with E-state index in [1.807, 2.05) is 18.2 Å². The molecule has 0 radical (unpaired) electrons. The maximum absolute atomic E-state index is 12.7. The van der Waals surface area contributed by atoms with E-state index in [1.54, 1.807) is 12.3 Å². The van der Waals surface area contributed by atoms with E-state index in [9.17, 15) is 13.2 Å². The lowest BCUT2D eigenvalue weighted by Crippen LogP contribution is -2.31. The predicted octanol–water partition coefficient (Wildman–Crippen LogP) is 4.73. The molecule has 4 rings (SSSR count). The van der Waals surface area contributed by atoms with Gasteiger partial charge < -0.3 is 21.3 Å². The van der Waals surface area contributed by atoms with Crippen LogP contribution in [-0.2, 0) is 0 Å². The second kappa shape index (κ2) is 8.11. The van der Waals surface area contributed by atoms with Crippen LogP contribution in [0.3, 0.4) is 0 Å². The van der Waals surface area contributed by atoms with Crippen molar-refractivity contribution in [3.63, 3.8) is 0 Å². The second-order valence-electron chi connectivity index (χ2n) is 7.20. The van der Waals surface area contributed by atoms with Crippen LogP contribution in [-0.4, -0.2) is 28.9 Å². The van der Waals surface area contributed by atoms with E-state index in [1.165, 1.54) is 17.4 Å². The molecule has 1 unspecified atom stereocenters. The van der Waals surface area contributed by atoms with Crippen LogP contribution in [0.1, 0.15) is 12.8 Å². The molecular weight excluding hydrogens is 415 g/mol. The van der Waals surface area contributed by atoms with Gasteiger partial charge in [-0.2, -0.15) is 13.2 Å². The number of aromatic nitrogens is 2. The highest BCUT2D eigenvalue weighted by molar-refractivity contribution is 7.18. The number of benzene rings is 1. The molecule has 2 aromatic heterocycles. The Labute approximate surface area is 174 Å². The van der Waals surface area contributed by atoms with Gasteiger partial charge in [0.15, 0.2) is 16.5 Å². The highest BCUT2D eigenvalue weighted by atomic mass is 32.1. The molecule has 10 heteroatoms. The zero-order valence-electron chi connectivity index (χ0n) is 15.8. The molecule has 0 amide bonds. The summed E-state index contributed by atoms with van der Waals surface area (Å²) in [5, 5.41) is 8.43. The van der Waals surface area contributed by atoms with Gasteiger partial charge in [-0.05, 0) is 42.5 Å². The van der Waals surface area contributed by atoms with Gasteiger partial charge in [-0.3, -0.25) is 0 Å². The smallest absolute Gasteiger partial charge is 0.380 e. The molecule has 158 valence electrons. The highest BCUT2D eigenvalue weighted by Gasteiger charge is 2.33. The van der Waals surface area contributed by atoms with Gasteiger partial charge >= 0.3 is 6.18 Å². The number of nitrogens with zero attached hydrogens (tertiary/aromatic N) is 2. The number of alkyl halides is 3. The minimum Gasteiger partial charge on any atom is -0.380 e. The van der Waals surface area contributed by atoms with Crippen molar-refractivity contribution >= 4 is 33.3 Å². The van der Waals surface area contributed by atoms with E-state index in [2.05, 4.69) is 15.5 Å². The topological polar surface area (TPSA) is 103 Å². The molecule has 1 aliphatic carbocycles. The van der Waals surface area contributed by atoms with Crippen molar-refractivity contribution in [1.82, 2.24) is 10.1 Å². The maximum Gasteiger partial charge on any atom is 0.416 e. The number of nitrogens with one attached hydrogen (secondary N) is 1. The number of allylic oxidation sites excluding steroid dienone is 4. The largest absolute Gasteiger partial charge is 0.416 e. The lowest BCUT2D eigenvalue weighted by atomic mass is 9.91. The number of nitrogens with two attached hydrogens (primary N) is 2. The zero-order valence-corrected chi connectivity index (χ0v) is 16.6. The lowest BCUT2D eigenvalue weighted by Gasteiger charge is -2.21. The average Bonchev–Trinajstić information content (AvgIpc) is 3.33. The molecule has 2 heterocycles. The minimum atomic E-state index is -4.29. The summed E-state index contributed by atoms with van der Waals surface area (Å²) in [4.78, 5) is 5.32. The first kappa shape index (κ1) is 20.4. The molecular formula is C20H20F3N5OS. The third-order valence-corrected chi connectivity index (χ3v) is 5.93. The summed E-state index contributed by atoms with van der Waals surface area (Å²) < 4.78 is 43.1. The van der Waals surface area contributed by atoms with Crippen LogP contribution in [0.4, 0.5) is 24.1 Å². The third-order valence-electron chi connectivity index (χ3n) is 4.92. The van der Waals surface area contributed by atoms with Gasteiger partial charge in [-0.1, -0.05) is 34.7 Å². The second-order valence-corrected chi connectivity index (χ2v) is 8.23. The average molecular weight is 435 g/mol. The van der Waals surface area contributed by atoms with E-state index < -0.39 is 11.7 Å². The molecule has 0 aliphatic heterocycles. The molecule has 0 saturated carbocycles. The molecule has 5 N–H and O–H groups in total. The number of nitrogen functional groups attached to an aromatic ring is 1. The normalized spacial score (nSPS) is 17.9. The van der Waals surface area contributed by atoms with E-state index in [0.717, 1.165) is 27.0 Å². The summed E-state index contributed by atoms with van der Waals surface area (Å²) in [5.41, 5.74) is 13.0. The number of fused-ring (bicyclic) bond motifs is 1. The molecule has 3 aromatic rings. The molecule has 0 bridgehead atoms. The Morgan fingerprint density at radius 3 is 2.90 bits per heavy atom. The van der Waals surface area contributed by atoms with Gasteiger partial charge in [0, 0.05) is 18.8 Å². The number of anilines is 2. The fraction of sp³-hybridized carbons (Fsp3) is 0.300. The summed E-state index contributed by atoms with van der Waals surface area (Å²) in [6, 6.07) is 5.42. The fourth-order valence-electron chi connectivity index (χ4n) is 3.34. The van der Waals surface area contributed by atoms with Gasteiger partial charge in [0.25, 0.3) is 0 Å². The van der Waals surface area contributed by atoms with E-state index in [0.29, 0.717) is 30.8 Å². The maximum atomic E-state index is 12.7. The summed E-state index contributed by atoms with van der Waals surface area (Å²) in [5.74, 6) is 0.343. The monoisotopic (exact) mass is 435 g/mol. The van der Waals surface area contributed by atoms with Crippen LogP contribution < -0.4 is 16.8 Å². The number of halogens is 3. The van der Waals surface area contributed by atoms with Crippen LogP contribution in [0.2, 0.25) is 0 Å². The van der Waals surface area contributed by atoms with Gasteiger partial charge in [0.1, 0.15) is 0 Å². The Hall–Kier alpha value is -2.85. The first-order chi connectivity index (χ1) is 14.3. The molecule has 6 nitrogen and oxygen atoms in total. The third kappa shape index (κ3) is 4.49. The van der Waals surface area contributed by atoms with Gasteiger partial charge in [-0.25, -0.2) is 4.98 Å². The number of hydrogen-bond donors (Lipinski definition) is 3. The lowest BCUT2D eigenvalue weighted by molar-refractivity contribution is -0.0887. The molecule has 30 heavy (non-hydrogen) atoms. The standard InChI is InChI=1S/C20H20F3N5OS/c21-20(22,23)13-4-1-11(2-5-13)7-14(24)9-26-19-27-10-17(30-19)12-3-6-16-15(8-12)18(25)28-29-16/h1,3-6,8,10-11,14H,2,7,9,24H2,(H2,25,28)(H,26,27)/t11?,14-/m0/s1. The zero-order chi connectivity index (χ0) is 21.3. The van der Waals surface area contributed by atoms with Crippen LogP contribution >= 0.6 is 11.3 Å². The van der Waals surface area contributed by atoms with Gasteiger partial charge in [0.2, 0.25) is 0 Å². The van der Waals surface area contributed by atoms with Crippen molar-refractivity contribution in [2.45, 2.75) is 25.1 Å². The summed E-state index contributed by atoms with van der Waals surface area (Å²) in [6.45, 7) is 0.477. The fourth-order valence-corrected chi connectivity index (χ4v) is 4.16. The van der Waals surface area contributed by atoms with Crippen molar-refractivity contribution in [3.05, 3.63) is 48.2 Å². The number of rotatable bonds is 6. The molecule has 2 atom stereocenters. The number of thiazole rings is 1. The van der Waals surface area contributed by atoms with Crippen LogP contribution in [0, 0.1) is 5.92 Å². The van der Waals surface area contributed by atoms with Crippen molar-refractivity contribution in [3.8, 4) is 10.4 Å². The number of hydrogen-bond acceptors (Lipinski definition) is 7. The van der Waals surface area contributed by atoms with E-state index in [-0.39, 0.29) is 12.0 Å². The Kier molecular flexibility index (Phi) is 5.52. The van der Waals surface area contributed by atoms with E-state index >= 15 is 0 Å². The summed E-state index contributed by atoms with van der Waals surface area (Å²) >= 11 is 1.48. The Balaban J connectivity index is 1.31. The molecule has 1 aliphatic rings.